The molecule has 2 heterocycles. The lowest BCUT2D eigenvalue weighted by atomic mass is 9.73. The van der Waals surface area contributed by atoms with E-state index < -0.39 is 11.4 Å². The van der Waals surface area contributed by atoms with Crippen molar-refractivity contribution in [3.63, 3.8) is 0 Å². The fraction of sp³-hybridized carbons (Fsp3) is 0.296. The summed E-state index contributed by atoms with van der Waals surface area (Å²) in [5.74, 6) is -0.547. The van der Waals surface area contributed by atoms with Crippen molar-refractivity contribution in [1.82, 2.24) is 15.0 Å². The molecule has 2 aromatic heterocycles. The Morgan fingerprint density at radius 1 is 1.20 bits per heavy atom. The Labute approximate surface area is 210 Å². The van der Waals surface area contributed by atoms with Gasteiger partial charge in [0.2, 0.25) is 0 Å². The second-order valence-corrected chi connectivity index (χ2v) is 9.33. The molecule has 182 valence electrons. The molecule has 1 aromatic carbocycles. The Kier molecular flexibility index (Phi) is 7.41. The van der Waals surface area contributed by atoms with Gasteiger partial charge in [0.15, 0.2) is 5.82 Å². The molecule has 3 N–H and O–H groups in total. The van der Waals surface area contributed by atoms with Gasteiger partial charge >= 0.3 is 5.97 Å². The molecule has 3 aromatic rings. The lowest BCUT2D eigenvalue weighted by Gasteiger charge is -2.30. The zero-order valence-electron chi connectivity index (χ0n) is 20.5. The summed E-state index contributed by atoms with van der Waals surface area (Å²) in [4.78, 5) is 38.1. The number of carboxylic acid groups (broad SMARTS) is 1. The highest BCUT2D eigenvalue weighted by Crippen LogP contribution is 2.38. The van der Waals surface area contributed by atoms with Crippen molar-refractivity contribution in [3.05, 3.63) is 87.6 Å². The molecule has 1 atom stereocenters. The summed E-state index contributed by atoms with van der Waals surface area (Å²) in [6, 6.07) is 8.54. The van der Waals surface area contributed by atoms with E-state index in [4.69, 9.17) is 17.3 Å². The minimum Gasteiger partial charge on any atom is -0.478 e. The van der Waals surface area contributed by atoms with Gasteiger partial charge in [0.1, 0.15) is 11.6 Å². The Balaban J connectivity index is 2.16. The highest BCUT2D eigenvalue weighted by atomic mass is 35.5. The standard InChI is InChI=1S/C27H29ClN4O3/c1-7-22(33)27(6,21-11-8-17(13-30-21)26(34)35)23-16(5)31-25(32-24(23)29)15(4)19-10-9-18(28)12-20(19)14(2)3/h8-14H,4,7H2,1-3,5-6H3,(H,34,35)(H2,29,31,32). The van der Waals surface area contributed by atoms with Crippen LogP contribution in [0, 0.1) is 6.92 Å². The molecule has 0 bridgehead atoms. The van der Waals surface area contributed by atoms with Crippen molar-refractivity contribution in [2.24, 2.45) is 0 Å². The van der Waals surface area contributed by atoms with Crippen LogP contribution in [0.2, 0.25) is 5.02 Å². The first-order chi connectivity index (χ1) is 16.4. The van der Waals surface area contributed by atoms with Gasteiger partial charge in [-0.1, -0.05) is 45.0 Å². The molecule has 1 unspecified atom stereocenters. The van der Waals surface area contributed by atoms with E-state index in [1.807, 2.05) is 12.1 Å². The second kappa shape index (κ2) is 9.96. The fourth-order valence-corrected chi connectivity index (χ4v) is 4.52. The Morgan fingerprint density at radius 2 is 1.89 bits per heavy atom. The normalized spacial score (nSPS) is 12.9. The molecule has 0 saturated carbocycles. The van der Waals surface area contributed by atoms with Gasteiger partial charge in [0.25, 0.3) is 0 Å². The number of nitrogens with zero attached hydrogens (tertiary/aromatic N) is 3. The molecule has 0 amide bonds. The third-order valence-electron chi connectivity index (χ3n) is 6.25. The number of anilines is 1. The number of nitrogen functional groups attached to an aromatic ring is 1. The van der Waals surface area contributed by atoms with Crippen LogP contribution >= 0.6 is 11.6 Å². The predicted octanol–water partition coefficient (Wildman–Crippen LogP) is 5.58. The highest BCUT2D eigenvalue weighted by molar-refractivity contribution is 6.30. The molecule has 7 nitrogen and oxygen atoms in total. The Hall–Kier alpha value is -3.58. The smallest absolute Gasteiger partial charge is 0.337 e. The first kappa shape index (κ1) is 26.0. The number of benzene rings is 1. The number of aryl methyl sites for hydroxylation is 1. The number of pyridine rings is 1. The predicted molar refractivity (Wildman–Crippen MR) is 138 cm³/mol. The maximum Gasteiger partial charge on any atom is 0.337 e. The van der Waals surface area contributed by atoms with Crippen LogP contribution < -0.4 is 5.73 Å². The number of Topliss-reactive ketones (excluding diaryl/α,β-unsaturated/α-hetero) is 1. The van der Waals surface area contributed by atoms with E-state index in [9.17, 15) is 14.7 Å². The van der Waals surface area contributed by atoms with Gasteiger partial charge in [-0.05, 0) is 55.2 Å². The number of aromatic carboxylic acids is 1. The number of aromatic nitrogens is 3. The molecule has 0 aliphatic heterocycles. The van der Waals surface area contributed by atoms with Gasteiger partial charge in [0, 0.05) is 34.5 Å². The molecule has 0 spiro atoms. The number of carbonyl (C=O) groups excluding carboxylic acids is 1. The highest BCUT2D eigenvalue weighted by Gasteiger charge is 2.41. The van der Waals surface area contributed by atoms with E-state index in [1.165, 1.54) is 18.3 Å². The maximum atomic E-state index is 13.3. The molecular weight excluding hydrogens is 464 g/mol. The van der Waals surface area contributed by atoms with Gasteiger partial charge < -0.3 is 10.8 Å². The van der Waals surface area contributed by atoms with E-state index in [0.717, 1.165) is 11.1 Å². The summed E-state index contributed by atoms with van der Waals surface area (Å²) in [6.07, 6.45) is 1.45. The van der Waals surface area contributed by atoms with Crippen LogP contribution in [0.5, 0.6) is 0 Å². The van der Waals surface area contributed by atoms with Crippen molar-refractivity contribution in [1.29, 1.82) is 0 Å². The van der Waals surface area contributed by atoms with Crippen LogP contribution in [0.3, 0.4) is 0 Å². The number of carboxylic acids is 1. The molecule has 0 fully saturated rings. The van der Waals surface area contributed by atoms with Gasteiger partial charge in [-0.15, -0.1) is 0 Å². The zero-order chi connectivity index (χ0) is 26.1. The van der Waals surface area contributed by atoms with Crippen LogP contribution in [-0.2, 0) is 10.2 Å². The molecule has 0 radical (unpaired) electrons. The van der Waals surface area contributed by atoms with Crippen molar-refractivity contribution in [2.45, 2.75) is 52.4 Å². The molecule has 0 saturated heterocycles. The summed E-state index contributed by atoms with van der Waals surface area (Å²) in [5.41, 5.74) is 9.04. The average Bonchev–Trinajstić information content (AvgIpc) is 2.82. The van der Waals surface area contributed by atoms with Gasteiger partial charge in [-0.25, -0.2) is 14.8 Å². The third-order valence-corrected chi connectivity index (χ3v) is 6.49. The van der Waals surface area contributed by atoms with Gasteiger partial charge in [-0.3, -0.25) is 9.78 Å². The molecule has 35 heavy (non-hydrogen) atoms. The molecular formula is C27H29ClN4O3. The Bertz CT molecular complexity index is 1300. The molecule has 3 rings (SSSR count). The number of rotatable bonds is 8. The number of nitrogens with two attached hydrogens (primary N) is 1. The van der Waals surface area contributed by atoms with Crippen molar-refractivity contribution in [3.8, 4) is 0 Å². The Morgan fingerprint density at radius 3 is 2.40 bits per heavy atom. The summed E-state index contributed by atoms with van der Waals surface area (Å²) >= 11 is 6.21. The lowest BCUT2D eigenvalue weighted by Crippen LogP contribution is -2.37. The van der Waals surface area contributed by atoms with E-state index in [0.29, 0.717) is 33.4 Å². The van der Waals surface area contributed by atoms with Gasteiger partial charge in [0.05, 0.1) is 16.7 Å². The monoisotopic (exact) mass is 492 g/mol. The molecule has 8 heteroatoms. The summed E-state index contributed by atoms with van der Waals surface area (Å²) in [7, 11) is 0. The quantitative estimate of drug-likeness (QED) is 0.421. The van der Waals surface area contributed by atoms with Crippen LogP contribution in [0.4, 0.5) is 5.82 Å². The number of ketones is 1. The molecule has 0 aliphatic carbocycles. The zero-order valence-corrected chi connectivity index (χ0v) is 21.3. The van der Waals surface area contributed by atoms with Crippen LogP contribution in [0.25, 0.3) is 5.57 Å². The van der Waals surface area contributed by atoms with Crippen molar-refractivity contribution < 1.29 is 14.7 Å². The lowest BCUT2D eigenvalue weighted by molar-refractivity contribution is -0.122. The van der Waals surface area contributed by atoms with E-state index >= 15 is 0 Å². The van der Waals surface area contributed by atoms with Crippen LogP contribution in [0.1, 0.15) is 84.3 Å². The SMILES string of the molecule is C=C(c1nc(C)c(C(C)(C(=O)CC)c2ccc(C(=O)O)cn2)c(N)n1)c1ccc(Cl)cc1C(C)C. The average molecular weight is 493 g/mol. The van der Waals surface area contributed by atoms with Crippen LogP contribution in [0.15, 0.2) is 43.1 Å². The van der Waals surface area contributed by atoms with Crippen molar-refractivity contribution >= 4 is 34.7 Å². The topological polar surface area (TPSA) is 119 Å². The summed E-state index contributed by atoms with van der Waals surface area (Å²) in [6.45, 7) is 13.6. The molecule has 0 aliphatic rings. The second-order valence-electron chi connectivity index (χ2n) is 8.90. The maximum absolute atomic E-state index is 13.3. The minimum absolute atomic E-state index is 0.0246. The summed E-state index contributed by atoms with van der Waals surface area (Å²) in [5, 5.41) is 9.85. The largest absolute Gasteiger partial charge is 0.478 e. The first-order valence-electron chi connectivity index (χ1n) is 11.3. The van der Waals surface area contributed by atoms with E-state index in [2.05, 4.69) is 35.4 Å². The minimum atomic E-state index is -1.26. The van der Waals surface area contributed by atoms with E-state index in [-0.39, 0.29) is 29.5 Å². The van der Waals surface area contributed by atoms with Crippen LogP contribution in [-0.4, -0.2) is 31.8 Å². The number of halogens is 1. The van der Waals surface area contributed by atoms with E-state index in [1.54, 1.807) is 26.8 Å². The summed E-state index contributed by atoms with van der Waals surface area (Å²) < 4.78 is 0. The fourth-order valence-electron chi connectivity index (χ4n) is 4.33. The van der Waals surface area contributed by atoms with Gasteiger partial charge in [-0.2, -0.15) is 0 Å². The number of hydrogen-bond acceptors (Lipinski definition) is 6. The number of carbonyl (C=O) groups is 2. The third kappa shape index (κ3) is 4.82. The number of hydrogen-bond donors (Lipinski definition) is 2. The first-order valence-corrected chi connectivity index (χ1v) is 11.7. The van der Waals surface area contributed by atoms with Crippen molar-refractivity contribution in [2.75, 3.05) is 5.73 Å².